The predicted molar refractivity (Wildman–Crippen MR) is 108 cm³/mol. The van der Waals surface area contributed by atoms with Gasteiger partial charge in [-0.3, -0.25) is 0 Å². The minimum absolute atomic E-state index is 0.00746. The average molecular weight is 562 g/mol. The number of benzene rings is 3. The van der Waals surface area contributed by atoms with Gasteiger partial charge in [-0.05, 0) is 66.4 Å². The third-order valence-corrected chi connectivity index (χ3v) is 7.83. The van der Waals surface area contributed by atoms with E-state index in [4.69, 9.17) is 0 Å². The lowest BCUT2D eigenvalue weighted by Crippen LogP contribution is -3.61. The molecule has 0 radical (unpaired) electrons. The van der Waals surface area contributed by atoms with Crippen LogP contribution in [0.15, 0.2) is 77.7 Å². The average Bonchev–Trinajstić information content (AvgIpc) is 2.74. The van der Waals surface area contributed by atoms with Crippen molar-refractivity contribution in [3.05, 3.63) is 96.6 Å². The standard InChI is InChI=1S/C16H18I.C7H5F3O3S/c1-3-13-5-9-15(10-6-13)17-16-11-7-14(4-2)8-12-16;8-7(9,10)5-2-1-3-6(4-5)14(11,12)13/h5-12H,3-4H2,1-2H3;1-4H,(H,11,12,13)/q+1;/p-1. The second kappa shape index (κ2) is 11.1. The number of alkyl halides is 3. The molecule has 31 heavy (non-hydrogen) atoms. The lowest BCUT2D eigenvalue weighted by Gasteiger charge is -2.10. The lowest BCUT2D eigenvalue weighted by molar-refractivity contribution is -0.597. The van der Waals surface area contributed by atoms with Gasteiger partial charge in [0.25, 0.3) is 0 Å². The smallest absolute Gasteiger partial charge is 0.416 e. The van der Waals surface area contributed by atoms with E-state index in [9.17, 15) is 26.1 Å². The molecule has 0 saturated carbocycles. The van der Waals surface area contributed by atoms with Crippen molar-refractivity contribution in [3.8, 4) is 0 Å². The van der Waals surface area contributed by atoms with E-state index in [1.165, 1.54) is 18.3 Å². The van der Waals surface area contributed by atoms with Crippen LogP contribution in [-0.2, 0) is 29.1 Å². The zero-order valence-electron chi connectivity index (χ0n) is 17.0. The summed E-state index contributed by atoms with van der Waals surface area (Å²) in [4.78, 5) is -0.882. The summed E-state index contributed by atoms with van der Waals surface area (Å²) in [6.45, 7) is 4.40. The maximum absolute atomic E-state index is 12.1. The Morgan fingerprint density at radius 2 is 1.26 bits per heavy atom. The fourth-order valence-corrected chi connectivity index (χ4v) is 5.19. The van der Waals surface area contributed by atoms with Gasteiger partial charge in [0, 0.05) is 0 Å². The molecule has 0 fully saturated rings. The summed E-state index contributed by atoms with van der Waals surface area (Å²) in [6.07, 6.45) is -2.39. The van der Waals surface area contributed by atoms with Crippen LogP contribution < -0.4 is 21.2 Å². The molecular weight excluding hydrogens is 540 g/mol. The van der Waals surface area contributed by atoms with E-state index in [1.807, 2.05) is 0 Å². The summed E-state index contributed by atoms with van der Waals surface area (Å²) < 4.78 is 70.4. The van der Waals surface area contributed by atoms with Crippen LogP contribution in [-0.4, -0.2) is 13.0 Å². The number of hydrogen-bond donors (Lipinski definition) is 0. The molecule has 0 heterocycles. The molecule has 3 aromatic rings. The molecule has 8 heteroatoms. The molecule has 0 unspecified atom stereocenters. The Bertz CT molecular complexity index is 1030. The van der Waals surface area contributed by atoms with Crippen LogP contribution in [0.25, 0.3) is 0 Å². The summed E-state index contributed by atoms with van der Waals surface area (Å²) in [5.74, 6) is 0. The number of rotatable bonds is 5. The minimum Gasteiger partial charge on any atom is -0.744 e. The summed E-state index contributed by atoms with van der Waals surface area (Å²) >= 11 is -0.00746. The molecule has 3 aromatic carbocycles. The Kier molecular flexibility index (Phi) is 9.08. The SMILES string of the molecule is CCc1ccc([I+]c2ccc(CC)cc2)cc1.O=S(=O)([O-])c1cccc(C(F)(F)F)c1. The molecular formula is C23H22F3IO3S. The molecule has 0 aliphatic rings. The largest absolute Gasteiger partial charge is 0.744 e. The van der Waals surface area contributed by atoms with Crippen LogP contribution in [0.5, 0.6) is 0 Å². The second-order valence-electron chi connectivity index (χ2n) is 6.53. The Morgan fingerprint density at radius 3 is 1.61 bits per heavy atom. The van der Waals surface area contributed by atoms with E-state index in [0.29, 0.717) is 12.1 Å². The van der Waals surface area contributed by atoms with Gasteiger partial charge in [0.1, 0.15) is 10.1 Å². The van der Waals surface area contributed by atoms with Gasteiger partial charge in [-0.1, -0.05) is 44.2 Å². The van der Waals surface area contributed by atoms with Crippen LogP contribution in [0, 0.1) is 7.14 Å². The predicted octanol–water partition coefficient (Wildman–Crippen LogP) is 2.55. The highest BCUT2D eigenvalue weighted by atomic mass is 127. The topological polar surface area (TPSA) is 57.2 Å². The van der Waals surface area contributed by atoms with Crippen molar-refractivity contribution in [2.45, 2.75) is 37.8 Å². The van der Waals surface area contributed by atoms with Crippen molar-refractivity contribution < 1.29 is 47.3 Å². The first-order chi connectivity index (χ1) is 14.5. The van der Waals surface area contributed by atoms with Crippen molar-refractivity contribution in [3.63, 3.8) is 0 Å². The van der Waals surface area contributed by atoms with Crippen molar-refractivity contribution in [2.75, 3.05) is 0 Å². The first kappa shape index (κ1) is 25.4. The Morgan fingerprint density at radius 1 is 0.806 bits per heavy atom. The number of aryl methyl sites for hydroxylation is 2. The quantitative estimate of drug-likeness (QED) is 0.355. The van der Waals surface area contributed by atoms with Crippen LogP contribution in [0.1, 0.15) is 30.5 Å². The fourth-order valence-electron chi connectivity index (χ4n) is 2.52. The lowest BCUT2D eigenvalue weighted by atomic mass is 10.2. The summed E-state index contributed by atoms with van der Waals surface area (Å²) in [5, 5.41) is 0. The van der Waals surface area contributed by atoms with E-state index in [1.54, 1.807) is 0 Å². The highest BCUT2D eigenvalue weighted by molar-refractivity contribution is 7.85. The Balaban J connectivity index is 0.000000225. The number of hydrogen-bond acceptors (Lipinski definition) is 3. The Labute approximate surface area is 191 Å². The van der Waals surface area contributed by atoms with Crippen molar-refractivity contribution >= 4 is 10.1 Å². The van der Waals surface area contributed by atoms with Gasteiger partial charge in [0.05, 0.1) is 10.5 Å². The van der Waals surface area contributed by atoms with E-state index in [2.05, 4.69) is 62.4 Å². The van der Waals surface area contributed by atoms with Crippen LogP contribution in [0.4, 0.5) is 13.2 Å². The number of halogens is 4. The minimum atomic E-state index is -4.84. The maximum atomic E-state index is 12.1. The highest BCUT2D eigenvalue weighted by Crippen LogP contribution is 2.30. The molecule has 166 valence electrons. The molecule has 3 rings (SSSR count). The van der Waals surface area contributed by atoms with Crippen LogP contribution >= 0.6 is 0 Å². The molecule has 3 nitrogen and oxygen atoms in total. The molecule has 0 aliphatic heterocycles. The first-order valence-corrected chi connectivity index (χ1v) is 13.1. The zero-order valence-corrected chi connectivity index (χ0v) is 20.0. The molecule has 0 aliphatic carbocycles. The van der Waals surface area contributed by atoms with Gasteiger partial charge in [-0.2, -0.15) is 13.2 Å². The van der Waals surface area contributed by atoms with Crippen LogP contribution in [0.3, 0.4) is 0 Å². The third-order valence-electron chi connectivity index (χ3n) is 4.31. The van der Waals surface area contributed by atoms with Gasteiger partial charge in [0.15, 0.2) is 7.14 Å². The van der Waals surface area contributed by atoms with Gasteiger partial charge in [-0.15, -0.1) is 0 Å². The molecule has 0 spiro atoms. The van der Waals surface area contributed by atoms with Crippen molar-refractivity contribution in [2.24, 2.45) is 0 Å². The van der Waals surface area contributed by atoms with Crippen molar-refractivity contribution in [1.29, 1.82) is 0 Å². The summed E-state index contributed by atoms with van der Waals surface area (Å²) in [5.41, 5.74) is 1.70. The van der Waals surface area contributed by atoms with Crippen molar-refractivity contribution in [1.82, 2.24) is 0 Å². The third kappa shape index (κ3) is 8.27. The molecule has 0 saturated heterocycles. The molecule has 0 bridgehead atoms. The monoisotopic (exact) mass is 562 g/mol. The first-order valence-electron chi connectivity index (χ1n) is 9.48. The molecule has 0 atom stereocenters. The van der Waals surface area contributed by atoms with E-state index < -0.39 is 26.8 Å². The van der Waals surface area contributed by atoms with Gasteiger partial charge < -0.3 is 4.55 Å². The molecule has 0 aromatic heterocycles. The normalized spacial score (nSPS) is 11.5. The second-order valence-corrected chi connectivity index (χ2v) is 10.9. The van der Waals surface area contributed by atoms with Gasteiger partial charge in [-0.25, -0.2) is 8.42 Å². The Hall–Kier alpha value is -1.91. The van der Waals surface area contributed by atoms with E-state index in [0.717, 1.165) is 25.0 Å². The van der Waals surface area contributed by atoms with E-state index in [-0.39, 0.29) is 21.2 Å². The zero-order chi connectivity index (χ0) is 23.1. The van der Waals surface area contributed by atoms with Gasteiger partial charge in [0.2, 0.25) is 0 Å². The van der Waals surface area contributed by atoms with Crippen LogP contribution in [0.2, 0.25) is 0 Å². The summed E-state index contributed by atoms with van der Waals surface area (Å²) in [6, 6.07) is 20.9. The van der Waals surface area contributed by atoms with Gasteiger partial charge >= 0.3 is 27.4 Å². The molecule has 0 N–H and O–H groups in total. The highest BCUT2D eigenvalue weighted by Gasteiger charge is 2.30. The fraction of sp³-hybridized carbons (Fsp3) is 0.217. The van der Waals surface area contributed by atoms with E-state index >= 15 is 0 Å². The maximum Gasteiger partial charge on any atom is 0.416 e. The molecule has 0 amide bonds. The summed E-state index contributed by atoms with van der Waals surface area (Å²) in [7, 11) is -4.84.